The largest absolute Gasteiger partial charge is 0.381 e. The van der Waals surface area contributed by atoms with Crippen LogP contribution in [0.5, 0.6) is 0 Å². The number of rotatable bonds is 2. The molecule has 2 rings (SSSR count). The van der Waals surface area contributed by atoms with E-state index in [2.05, 4.69) is 6.07 Å². The Morgan fingerprint density at radius 1 is 0.944 bits per heavy atom. The van der Waals surface area contributed by atoms with Crippen LogP contribution < -0.4 is 0 Å². The maximum atomic E-state index is 10.8. The van der Waals surface area contributed by atoms with Crippen LogP contribution in [0.4, 0.5) is 0 Å². The quantitative estimate of drug-likeness (QED) is 0.858. The van der Waals surface area contributed by atoms with E-state index in [9.17, 15) is 5.11 Å². The molecule has 0 fully saturated rings. The molecule has 1 unspecified atom stereocenters. The highest BCUT2D eigenvalue weighted by Crippen LogP contribution is 2.31. The minimum atomic E-state index is -1.03. The normalized spacial score (nSPS) is 14.3. The van der Waals surface area contributed by atoms with Crippen molar-refractivity contribution in [2.24, 2.45) is 0 Å². The average Bonchev–Trinajstić information content (AvgIpc) is 2.27. The molecule has 1 atom stereocenters. The number of aliphatic hydroxyl groups is 1. The van der Waals surface area contributed by atoms with E-state index >= 15 is 0 Å². The van der Waals surface area contributed by atoms with Crippen molar-refractivity contribution < 1.29 is 5.11 Å². The van der Waals surface area contributed by atoms with Crippen molar-refractivity contribution in [1.82, 2.24) is 0 Å². The number of aryl methyl sites for hydroxylation is 2. The van der Waals surface area contributed by atoms with Crippen LogP contribution in [0.15, 0.2) is 42.5 Å². The summed E-state index contributed by atoms with van der Waals surface area (Å²) < 4.78 is 0. The second kappa shape index (κ2) is 4.75. The fourth-order valence-corrected chi connectivity index (χ4v) is 2.40. The van der Waals surface area contributed by atoms with E-state index in [1.807, 2.05) is 44.2 Å². The second-order valence-electron chi connectivity index (χ2n) is 4.96. The zero-order valence-corrected chi connectivity index (χ0v) is 11.6. The smallest absolute Gasteiger partial charge is 0.112 e. The lowest BCUT2D eigenvalue weighted by molar-refractivity contribution is 0.102. The van der Waals surface area contributed by atoms with Gasteiger partial charge < -0.3 is 5.11 Å². The molecular formula is C16H17ClO. The van der Waals surface area contributed by atoms with Gasteiger partial charge in [-0.3, -0.25) is 0 Å². The van der Waals surface area contributed by atoms with Gasteiger partial charge >= 0.3 is 0 Å². The average molecular weight is 261 g/mol. The summed E-state index contributed by atoms with van der Waals surface area (Å²) in [6.45, 7) is 5.86. The van der Waals surface area contributed by atoms with Gasteiger partial charge in [-0.2, -0.15) is 0 Å². The second-order valence-corrected chi connectivity index (χ2v) is 5.40. The summed E-state index contributed by atoms with van der Waals surface area (Å²) in [4.78, 5) is 0. The Kier molecular flexibility index (Phi) is 3.47. The Balaban J connectivity index is 2.53. The highest BCUT2D eigenvalue weighted by molar-refractivity contribution is 6.30. The zero-order chi connectivity index (χ0) is 13.3. The van der Waals surface area contributed by atoms with Crippen molar-refractivity contribution in [2.75, 3.05) is 0 Å². The third kappa shape index (κ3) is 2.58. The van der Waals surface area contributed by atoms with E-state index < -0.39 is 5.60 Å². The first-order chi connectivity index (χ1) is 8.39. The fourth-order valence-electron chi connectivity index (χ4n) is 2.21. The van der Waals surface area contributed by atoms with Crippen LogP contribution in [0, 0.1) is 13.8 Å². The van der Waals surface area contributed by atoms with Crippen LogP contribution in [0.2, 0.25) is 5.02 Å². The van der Waals surface area contributed by atoms with Gasteiger partial charge in [0.25, 0.3) is 0 Å². The van der Waals surface area contributed by atoms with E-state index in [4.69, 9.17) is 11.6 Å². The first kappa shape index (κ1) is 13.1. The third-order valence-corrected chi connectivity index (χ3v) is 3.41. The van der Waals surface area contributed by atoms with Crippen molar-refractivity contribution >= 4 is 11.6 Å². The molecule has 0 saturated heterocycles. The summed E-state index contributed by atoms with van der Waals surface area (Å²) in [6.07, 6.45) is 0. The highest BCUT2D eigenvalue weighted by Gasteiger charge is 2.26. The molecule has 0 bridgehead atoms. The predicted molar refractivity (Wildman–Crippen MR) is 76.0 cm³/mol. The first-order valence-electron chi connectivity index (χ1n) is 5.97. The Morgan fingerprint density at radius 3 is 2.11 bits per heavy atom. The Hall–Kier alpha value is -1.31. The topological polar surface area (TPSA) is 20.2 Å². The summed E-state index contributed by atoms with van der Waals surface area (Å²) in [5.74, 6) is 0. The summed E-state index contributed by atoms with van der Waals surface area (Å²) in [7, 11) is 0. The molecule has 0 aliphatic rings. The van der Waals surface area contributed by atoms with Gasteiger partial charge in [0.1, 0.15) is 5.60 Å². The van der Waals surface area contributed by atoms with Crippen LogP contribution in [-0.2, 0) is 5.60 Å². The van der Waals surface area contributed by atoms with Gasteiger partial charge in [-0.15, -0.1) is 0 Å². The van der Waals surface area contributed by atoms with Crippen molar-refractivity contribution in [1.29, 1.82) is 0 Å². The molecule has 1 N–H and O–H groups in total. The number of halogens is 1. The van der Waals surface area contributed by atoms with Gasteiger partial charge in [-0.25, -0.2) is 0 Å². The molecule has 0 aliphatic heterocycles. The van der Waals surface area contributed by atoms with Gasteiger partial charge in [0, 0.05) is 5.02 Å². The van der Waals surface area contributed by atoms with Crippen LogP contribution in [-0.4, -0.2) is 5.11 Å². The van der Waals surface area contributed by atoms with Gasteiger partial charge in [0.15, 0.2) is 0 Å². The molecule has 1 nitrogen and oxygen atoms in total. The predicted octanol–water partition coefficient (Wildman–Crippen LogP) is 4.21. The monoisotopic (exact) mass is 260 g/mol. The molecule has 2 aromatic carbocycles. The zero-order valence-electron chi connectivity index (χ0n) is 10.9. The fraction of sp³-hybridized carbons (Fsp3) is 0.250. The molecule has 0 saturated carbocycles. The van der Waals surface area contributed by atoms with Crippen LogP contribution in [0.1, 0.15) is 29.2 Å². The molecule has 18 heavy (non-hydrogen) atoms. The Bertz CT molecular complexity index is 553. The Labute approximate surface area is 113 Å². The lowest BCUT2D eigenvalue weighted by Crippen LogP contribution is -2.23. The van der Waals surface area contributed by atoms with Crippen molar-refractivity contribution in [3.8, 4) is 0 Å². The molecule has 0 spiro atoms. The van der Waals surface area contributed by atoms with E-state index in [-0.39, 0.29) is 0 Å². The van der Waals surface area contributed by atoms with Gasteiger partial charge in [-0.05, 0) is 44.0 Å². The molecule has 0 heterocycles. The van der Waals surface area contributed by atoms with Gasteiger partial charge in [0.05, 0.1) is 0 Å². The van der Waals surface area contributed by atoms with E-state index in [1.165, 1.54) is 0 Å². The molecule has 0 amide bonds. The molecule has 94 valence electrons. The number of hydrogen-bond acceptors (Lipinski definition) is 1. The van der Waals surface area contributed by atoms with Crippen molar-refractivity contribution in [2.45, 2.75) is 26.4 Å². The summed E-state index contributed by atoms with van der Waals surface area (Å²) >= 11 is 5.99. The highest BCUT2D eigenvalue weighted by atomic mass is 35.5. The maximum Gasteiger partial charge on any atom is 0.112 e. The molecular weight excluding hydrogens is 244 g/mol. The van der Waals surface area contributed by atoms with Crippen LogP contribution in [0.3, 0.4) is 0 Å². The minimum absolute atomic E-state index is 0.636. The number of hydrogen-bond donors (Lipinski definition) is 1. The Morgan fingerprint density at radius 2 is 1.56 bits per heavy atom. The molecule has 0 aromatic heterocycles. The van der Waals surface area contributed by atoms with E-state index in [0.29, 0.717) is 5.02 Å². The number of benzene rings is 2. The molecule has 2 heteroatoms. The van der Waals surface area contributed by atoms with E-state index in [0.717, 1.165) is 22.3 Å². The summed E-state index contributed by atoms with van der Waals surface area (Å²) in [5.41, 5.74) is 2.96. The van der Waals surface area contributed by atoms with Crippen LogP contribution >= 0.6 is 11.6 Å². The standard InChI is InChI=1S/C16H17ClO/c1-11-7-12(2)9-14(8-11)16(3,18)13-5-4-6-15(17)10-13/h4-10,18H,1-3H3. The summed E-state index contributed by atoms with van der Waals surface area (Å²) in [6, 6.07) is 13.5. The summed E-state index contributed by atoms with van der Waals surface area (Å²) in [5, 5.41) is 11.4. The van der Waals surface area contributed by atoms with Crippen LogP contribution in [0.25, 0.3) is 0 Å². The van der Waals surface area contributed by atoms with Gasteiger partial charge in [-0.1, -0.05) is 53.1 Å². The lowest BCUT2D eigenvalue weighted by atomic mass is 9.86. The minimum Gasteiger partial charge on any atom is -0.381 e. The molecule has 0 aliphatic carbocycles. The van der Waals surface area contributed by atoms with Crippen molar-refractivity contribution in [3.63, 3.8) is 0 Å². The molecule has 0 radical (unpaired) electrons. The molecule has 2 aromatic rings. The SMILES string of the molecule is Cc1cc(C)cc(C(C)(O)c2cccc(Cl)c2)c1. The lowest BCUT2D eigenvalue weighted by Gasteiger charge is -2.25. The van der Waals surface area contributed by atoms with Gasteiger partial charge in [0.2, 0.25) is 0 Å². The maximum absolute atomic E-state index is 10.8. The first-order valence-corrected chi connectivity index (χ1v) is 6.34. The van der Waals surface area contributed by atoms with E-state index in [1.54, 1.807) is 13.0 Å². The van der Waals surface area contributed by atoms with Crippen molar-refractivity contribution in [3.05, 3.63) is 69.7 Å². The third-order valence-electron chi connectivity index (χ3n) is 3.17.